The van der Waals surface area contributed by atoms with Crippen molar-refractivity contribution in [1.29, 1.82) is 0 Å². The summed E-state index contributed by atoms with van der Waals surface area (Å²) in [7, 11) is 0. The van der Waals surface area contributed by atoms with Crippen molar-refractivity contribution >= 4 is 35.2 Å². The fourth-order valence-electron chi connectivity index (χ4n) is 0.815. The molecule has 0 aromatic carbocycles. The molecule has 0 bridgehead atoms. The van der Waals surface area contributed by atoms with Gasteiger partial charge in [-0.15, -0.1) is 0 Å². The van der Waals surface area contributed by atoms with E-state index >= 15 is 0 Å². The lowest BCUT2D eigenvalue weighted by Crippen LogP contribution is -2.08. The molecular formula is C7H11IN2S. The Hall–Kier alpha value is 0.290. The third kappa shape index (κ3) is 3.02. The molecule has 0 aliphatic carbocycles. The standard InChI is InChI=1S/C7H11IN2S/c1-6(5-11)3-10-4-7(8)2-9-10/h2,4,6,11H,3,5H2,1H3. The van der Waals surface area contributed by atoms with Crippen LogP contribution in [0, 0.1) is 9.49 Å². The lowest BCUT2D eigenvalue weighted by atomic mass is 10.2. The molecule has 1 rings (SSSR count). The molecule has 1 aromatic heterocycles. The lowest BCUT2D eigenvalue weighted by molar-refractivity contribution is 0.490. The second-order valence-electron chi connectivity index (χ2n) is 2.67. The smallest absolute Gasteiger partial charge is 0.0623 e. The van der Waals surface area contributed by atoms with E-state index in [4.69, 9.17) is 0 Å². The van der Waals surface area contributed by atoms with E-state index in [1.807, 2.05) is 17.1 Å². The molecule has 62 valence electrons. The maximum atomic E-state index is 4.21. The zero-order valence-electron chi connectivity index (χ0n) is 6.37. The van der Waals surface area contributed by atoms with E-state index in [9.17, 15) is 0 Å². The van der Waals surface area contributed by atoms with Crippen molar-refractivity contribution in [1.82, 2.24) is 9.78 Å². The molecule has 11 heavy (non-hydrogen) atoms. The van der Waals surface area contributed by atoms with Gasteiger partial charge in [0.1, 0.15) is 0 Å². The number of halogens is 1. The fraction of sp³-hybridized carbons (Fsp3) is 0.571. The Kier molecular flexibility index (Phi) is 3.71. The predicted octanol–water partition coefficient (Wildman–Crippen LogP) is 2.05. The Labute approximate surface area is 85.9 Å². The Morgan fingerprint density at radius 1 is 1.82 bits per heavy atom. The van der Waals surface area contributed by atoms with E-state index in [0.717, 1.165) is 12.3 Å². The highest BCUT2D eigenvalue weighted by atomic mass is 127. The van der Waals surface area contributed by atoms with E-state index in [1.165, 1.54) is 3.57 Å². The van der Waals surface area contributed by atoms with Gasteiger partial charge >= 0.3 is 0 Å². The molecule has 0 spiro atoms. The van der Waals surface area contributed by atoms with Crippen LogP contribution in [0.15, 0.2) is 12.4 Å². The van der Waals surface area contributed by atoms with Crippen LogP contribution in [0.2, 0.25) is 0 Å². The quantitative estimate of drug-likeness (QED) is 0.663. The lowest BCUT2D eigenvalue weighted by Gasteiger charge is -2.06. The Bertz CT molecular complexity index is 224. The first kappa shape index (κ1) is 9.38. The predicted molar refractivity (Wildman–Crippen MR) is 58.0 cm³/mol. The summed E-state index contributed by atoms with van der Waals surface area (Å²) in [5.41, 5.74) is 0. The third-order valence-corrected chi connectivity index (χ3v) is 2.59. The molecule has 0 saturated heterocycles. The molecule has 0 aliphatic rings. The van der Waals surface area contributed by atoms with Gasteiger partial charge in [-0.3, -0.25) is 4.68 Å². The van der Waals surface area contributed by atoms with Gasteiger partial charge in [-0.25, -0.2) is 0 Å². The second kappa shape index (κ2) is 4.35. The highest BCUT2D eigenvalue weighted by Crippen LogP contribution is 2.05. The molecule has 1 aromatic rings. The van der Waals surface area contributed by atoms with Crippen molar-refractivity contribution < 1.29 is 0 Å². The van der Waals surface area contributed by atoms with Gasteiger partial charge in [0.25, 0.3) is 0 Å². The van der Waals surface area contributed by atoms with Gasteiger partial charge in [-0.1, -0.05) is 6.92 Å². The molecule has 1 atom stereocenters. The third-order valence-electron chi connectivity index (χ3n) is 1.41. The van der Waals surface area contributed by atoms with Crippen LogP contribution in [0.5, 0.6) is 0 Å². The van der Waals surface area contributed by atoms with E-state index in [-0.39, 0.29) is 0 Å². The van der Waals surface area contributed by atoms with Gasteiger partial charge in [0, 0.05) is 12.7 Å². The largest absolute Gasteiger partial charge is 0.271 e. The number of hydrogen-bond acceptors (Lipinski definition) is 2. The van der Waals surface area contributed by atoms with Crippen LogP contribution >= 0.6 is 35.2 Å². The van der Waals surface area contributed by atoms with Gasteiger partial charge < -0.3 is 0 Å². The Balaban J connectivity index is 2.50. The van der Waals surface area contributed by atoms with Crippen molar-refractivity contribution in [3.8, 4) is 0 Å². The van der Waals surface area contributed by atoms with Gasteiger partial charge in [0.05, 0.1) is 9.77 Å². The molecule has 0 N–H and O–H groups in total. The minimum atomic E-state index is 0.592. The Morgan fingerprint density at radius 3 is 3.00 bits per heavy atom. The van der Waals surface area contributed by atoms with Crippen LogP contribution in [0.3, 0.4) is 0 Å². The molecule has 0 amide bonds. The van der Waals surface area contributed by atoms with E-state index in [2.05, 4.69) is 47.2 Å². The van der Waals surface area contributed by atoms with E-state index in [0.29, 0.717) is 5.92 Å². The maximum absolute atomic E-state index is 4.21. The molecule has 0 aliphatic heterocycles. The minimum Gasteiger partial charge on any atom is -0.271 e. The summed E-state index contributed by atoms with van der Waals surface area (Å²) < 4.78 is 3.15. The first-order chi connectivity index (χ1) is 5.22. The fourth-order valence-corrected chi connectivity index (χ4v) is 1.38. The second-order valence-corrected chi connectivity index (χ2v) is 4.28. The zero-order chi connectivity index (χ0) is 8.27. The van der Waals surface area contributed by atoms with Crippen molar-refractivity contribution in [2.45, 2.75) is 13.5 Å². The molecule has 0 fully saturated rings. The molecule has 4 heteroatoms. The van der Waals surface area contributed by atoms with Crippen LogP contribution < -0.4 is 0 Å². The van der Waals surface area contributed by atoms with E-state index < -0.39 is 0 Å². The molecule has 1 heterocycles. The summed E-state index contributed by atoms with van der Waals surface area (Å²) in [4.78, 5) is 0. The van der Waals surface area contributed by atoms with E-state index in [1.54, 1.807) is 0 Å². The van der Waals surface area contributed by atoms with Crippen LogP contribution in [0.4, 0.5) is 0 Å². The molecule has 0 radical (unpaired) electrons. The monoisotopic (exact) mass is 282 g/mol. The van der Waals surface area contributed by atoms with Crippen molar-refractivity contribution in [3.63, 3.8) is 0 Å². The molecule has 2 nitrogen and oxygen atoms in total. The maximum Gasteiger partial charge on any atom is 0.0623 e. The van der Waals surface area contributed by atoms with Crippen LogP contribution in [-0.4, -0.2) is 15.5 Å². The normalized spacial score (nSPS) is 13.4. The van der Waals surface area contributed by atoms with Gasteiger partial charge in [0.2, 0.25) is 0 Å². The zero-order valence-corrected chi connectivity index (χ0v) is 9.42. The number of nitrogens with zero attached hydrogens (tertiary/aromatic N) is 2. The summed E-state index contributed by atoms with van der Waals surface area (Å²) in [5, 5.41) is 4.18. The summed E-state index contributed by atoms with van der Waals surface area (Å²) in [6.07, 6.45) is 3.91. The molecule has 0 saturated carbocycles. The van der Waals surface area contributed by atoms with Crippen molar-refractivity contribution in [2.24, 2.45) is 5.92 Å². The average molecular weight is 282 g/mol. The van der Waals surface area contributed by atoms with Crippen molar-refractivity contribution in [3.05, 3.63) is 16.0 Å². The van der Waals surface area contributed by atoms with Crippen LogP contribution in [0.1, 0.15) is 6.92 Å². The summed E-state index contributed by atoms with van der Waals surface area (Å²) in [6, 6.07) is 0. The Morgan fingerprint density at radius 2 is 2.55 bits per heavy atom. The number of aromatic nitrogens is 2. The molecular weight excluding hydrogens is 271 g/mol. The topological polar surface area (TPSA) is 17.8 Å². The number of hydrogen-bond donors (Lipinski definition) is 1. The first-order valence-corrected chi connectivity index (χ1v) is 5.22. The highest BCUT2D eigenvalue weighted by molar-refractivity contribution is 14.1. The van der Waals surface area contributed by atoms with Crippen LogP contribution in [-0.2, 0) is 6.54 Å². The highest BCUT2D eigenvalue weighted by Gasteiger charge is 2.00. The summed E-state index contributed by atoms with van der Waals surface area (Å²) in [6.45, 7) is 3.13. The van der Waals surface area contributed by atoms with Crippen molar-refractivity contribution in [2.75, 3.05) is 5.75 Å². The van der Waals surface area contributed by atoms with Gasteiger partial charge in [-0.05, 0) is 34.3 Å². The average Bonchev–Trinajstić information content (AvgIpc) is 2.35. The number of thiol groups is 1. The summed E-state index contributed by atoms with van der Waals surface area (Å²) >= 11 is 6.47. The summed E-state index contributed by atoms with van der Waals surface area (Å²) in [5.74, 6) is 1.50. The molecule has 1 unspecified atom stereocenters. The minimum absolute atomic E-state index is 0.592. The number of rotatable bonds is 3. The van der Waals surface area contributed by atoms with Gasteiger partial charge in [-0.2, -0.15) is 17.7 Å². The van der Waals surface area contributed by atoms with Crippen LogP contribution in [0.25, 0.3) is 0 Å². The van der Waals surface area contributed by atoms with Gasteiger partial charge in [0.15, 0.2) is 0 Å². The SMILES string of the molecule is CC(CS)Cn1cc(I)cn1. The first-order valence-electron chi connectivity index (χ1n) is 3.51.